The Bertz CT molecular complexity index is 654. The molecule has 2 aromatic rings. The van der Waals surface area contributed by atoms with Gasteiger partial charge in [-0.2, -0.15) is 5.10 Å². The lowest BCUT2D eigenvalue weighted by Crippen LogP contribution is -2.39. The number of nitrogens with zero attached hydrogens (tertiary/aromatic N) is 3. The van der Waals surface area contributed by atoms with Gasteiger partial charge >= 0.3 is 0 Å². The molecule has 2 aromatic heterocycles. The number of carbonyl (C=O) groups excluding carboxylic acids is 2. The normalized spacial score (nSPS) is 10.5. The molecule has 0 radical (unpaired) electrons. The van der Waals surface area contributed by atoms with Crippen molar-refractivity contribution in [3.8, 4) is 0 Å². The first-order chi connectivity index (χ1) is 9.58. The Morgan fingerprint density at radius 2 is 2.25 bits per heavy atom. The highest BCUT2D eigenvalue weighted by Crippen LogP contribution is 2.32. The average molecular weight is 293 g/mol. The van der Waals surface area contributed by atoms with Crippen molar-refractivity contribution in [2.45, 2.75) is 6.92 Å². The van der Waals surface area contributed by atoms with Gasteiger partial charge in [-0.3, -0.25) is 9.59 Å². The number of anilines is 1. The summed E-state index contributed by atoms with van der Waals surface area (Å²) in [5, 5.41) is 10.9. The monoisotopic (exact) mass is 293 g/mol. The number of nitrogen functional groups attached to an aromatic ring is 1. The number of carbonyl (C=O) groups is 2. The van der Waals surface area contributed by atoms with E-state index < -0.39 is 0 Å². The lowest BCUT2D eigenvalue weighted by Gasteiger charge is -2.19. The zero-order valence-electron chi connectivity index (χ0n) is 11.2. The molecule has 0 unspecified atom stereocenters. The molecule has 7 nitrogen and oxygen atoms in total. The van der Waals surface area contributed by atoms with Gasteiger partial charge in [0.05, 0.1) is 18.4 Å². The summed E-state index contributed by atoms with van der Waals surface area (Å²) >= 11 is 1.19. The van der Waals surface area contributed by atoms with Crippen molar-refractivity contribution in [3.63, 3.8) is 0 Å². The van der Waals surface area contributed by atoms with Crippen LogP contribution in [0.25, 0.3) is 10.2 Å². The summed E-state index contributed by atoms with van der Waals surface area (Å²) in [6.07, 6.45) is 1.53. The van der Waals surface area contributed by atoms with Gasteiger partial charge in [0.15, 0.2) is 0 Å². The van der Waals surface area contributed by atoms with Crippen LogP contribution in [0.1, 0.15) is 16.6 Å². The molecule has 0 spiro atoms. The third-order valence-electron chi connectivity index (χ3n) is 2.90. The van der Waals surface area contributed by atoms with Gasteiger partial charge in [-0.05, 0) is 13.0 Å². The molecule has 0 aliphatic rings. The highest BCUT2D eigenvalue weighted by molar-refractivity contribution is 7.21. The van der Waals surface area contributed by atoms with Crippen molar-refractivity contribution < 1.29 is 9.59 Å². The van der Waals surface area contributed by atoms with Crippen LogP contribution < -0.4 is 11.1 Å². The number of aromatic nitrogens is 2. The Hall–Kier alpha value is -2.22. The van der Waals surface area contributed by atoms with E-state index in [9.17, 15) is 9.59 Å². The minimum atomic E-state index is -0.267. The fourth-order valence-electron chi connectivity index (χ4n) is 1.76. The maximum absolute atomic E-state index is 12.4. The first kappa shape index (κ1) is 14.2. The van der Waals surface area contributed by atoms with E-state index in [1.54, 1.807) is 6.07 Å². The van der Waals surface area contributed by atoms with E-state index in [0.717, 1.165) is 0 Å². The van der Waals surface area contributed by atoms with Gasteiger partial charge in [0, 0.05) is 19.0 Å². The number of fused-ring (bicyclic) bond motifs is 1. The molecule has 2 heterocycles. The second kappa shape index (κ2) is 5.83. The second-order valence-corrected chi connectivity index (χ2v) is 5.09. The zero-order chi connectivity index (χ0) is 14.7. The molecule has 20 heavy (non-hydrogen) atoms. The van der Waals surface area contributed by atoms with Crippen LogP contribution >= 0.6 is 11.3 Å². The Labute approximate surface area is 119 Å². The summed E-state index contributed by atoms with van der Waals surface area (Å²) in [4.78, 5) is 26.3. The molecule has 2 rings (SSSR count). The molecule has 8 heteroatoms. The van der Waals surface area contributed by atoms with Gasteiger partial charge in [0.2, 0.25) is 5.91 Å². The Morgan fingerprint density at radius 3 is 2.85 bits per heavy atom. The van der Waals surface area contributed by atoms with Crippen LogP contribution in [0, 0.1) is 0 Å². The van der Waals surface area contributed by atoms with Gasteiger partial charge in [-0.25, -0.2) is 0 Å². The van der Waals surface area contributed by atoms with E-state index in [1.807, 2.05) is 6.92 Å². The van der Waals surface area contributed by atoms with Crippen molar-refractivity contribution >= 4 is 39.1 Å². The molecule has 0 atom stereocenters. The van der Waals surface area contributed by atoms with Crippen LogP contribution in [-0.4, -0.2) is 47.0 Å². The molecule has 0 saturated carbocycles. The SMILES string of the molecule is CCN(CC(=O)NC)C(=O)c1sc2nnccc2c1N. The van der Waals surface area contributed by atoms with Gasteiger partial charge in [-0.1, -0.05) is 0 Å². The van der Waals surface area contributed by atoms with Crippen LogP contribution in [0.2, 0.25) is 0 Å². The summed E-state index contributed by atoms with van der Waals surface area (Å²) in [7, 11) is 1.53. The second-order valence-electron chi connectivity index (χ2n) is 4.09. The number of thiophene rings is 1. The minimum absolute atomic E-state index is 0.00516. The summed E-state index contributed by atoms with van der Waals surface area (Å²) < 4.78 is 0. The van der Waals surface area contributed by atoms with Crippen LogP contribution in [0.15, 0.2) is 12.3 Å². The van der Waals surface area contributed by atoms with Gasteiger partial charge in [0.1, 0.15) is 9.71 Å². The molecule has 0 aromatic carbocycles. The van der Waals surface area contributed by atoms with Crippen molar-refractivity contribution in [1.29, 1.82) is 0 Å². The third-order valence-corrected chi connectivity index (χ3v) is 3.99. The first-order valence-electron chi connectivity index (χ1n) is 6.08. The van der Waals surface area contributed by atoms with Crippen LogP contribution in [0.5, 0.6) is 0 Å². The molecule has 0 fully saturated rings. The first-order valence-corrected chi connectivity index (χ1v) is 6.89. The van der Waals surface area contributed by atoms with Crippen molar-refractivity contribution in [2.75, 3.05) is 25.9 Å². The van der Waals surface area contributed by atoms with Crippen LogP contribution in [0.3, 0.4) is 0 Å². The summed E-state index contributed by atoms with van der Waals surface area (Å²) in [6.45, 7) is 2.24. The number of hydrogen-bond donors (Lipinski definition) is 2. The van der Waals surface area contributed by atoms with E-state index in [4.69, 9.17) is 5.73 Å². The van der Waals surface area contributed by atoms with Crippen molar-refractivity contribution in [1.82, 2.24) is 20.4 Å². The molecule has 106 valence electrons. The largest absolute Gasteiger partial charge is 0.397 e. The highest BCUT2D eigenvalue weighted by atomic mass is 32.1. The number of nitrogens with two attached hydrogens (primary N) is 1. The molecular weight excluding hydrogens is 278 g/mol. The Balaban J connectivity index is 2.34. The summed E-state index contributed by atoms with van der Waals surface area (Å²) in [5.74, 6) is -0.490. The van der Waals surface area contributed by atoms with E-state index >= 15 is 0 Å². The summed E-state index contributed by atoms with van der Waals surface area (Å²) in [5.41, 5.74) is 6.38. The molecule has 0 aliphatic carbocycles. The van der Waals surface area contributed by atoms with E-state index in [-0.39, 0.29) is 18.4 Å². The minimum Gasteiger partial charge on any atom is -0.397 e. The molecule has 2 amide bonds. The van der Waals surface area contributed by atoms with Gasteiger partial charge < -0.3 is 16.0 Å². The fraction of sp³-hybridized carbons (Fsp3) is 0.333. The molecule has 0 aliphatic heterocycles. The van der Waals surface area contributed by atoms with Crippen molar-refractivity contribution in [2.24, 2.45) is 0 Å². The molecule has 3 N–H and O–H groups in total. The predicted molar refractivity (Wildman–Crippen MR) is 77.5 cm³/mol. The van der Waals surface area contributed by atoms with Crippen LogP contribution in [-0.2, 0) is 4.79 Å². The van der Waals surface area contributed by atoms with Crippen LogP contribution in [0.4, 0.5) is 5.69 Å². The smallest absolute Gasteiger partial charge is 0.266 e. The lowest BCUT2D eigenvalue weighted by atomic mass is 10.2. The van der Waals surface area contributed by atoms with Crippen molar-refractivity contribution in [3.05, 3.63) is 17.1 Å². The standard InChI is InChI=1S/C12H15N5O2S/c1-3-17(6-8(18)14-2)12(19)10-9(13)7-4-5-15-16-11(7)20-10/h4-5H,3,6,13H2,1-2H3,(H,14,18). The third kappa shape index (κ3) is 2.55. The zero-order valence-corrected chi connectivity index (χ0v) is 12.0. The van der Waals surface area contributed by atoms with Gasteiger partial charge in [-0.15, -0.1) is 16.4 Å². The Morgan fingerprint density at radius 1 is 1.50 bits per heavy atom. The maximum Gasteiger partial charge on any atom is 0.266 e. The molecular formula is C12H15N5O2S. The summed E-state index contributed by atoms with van der Waals surface area (Å²) in [6, 6.07) is 1.72. The average Bonchev–Trinajstić information content (AvgIpc) is 2.81. The molecule has 0 saturated heterocycles. The lowest BCUT2D eigenvalue weighted by molar-refractivity contribution is -0.121. The number of amides is 2. The maximum atomic E-state index is 12.4. The topological polar surface area (TPSA) is 101 Å². The quantitative estimate of drug-likeness (QED) is 0.854. The number of nitrogens with one attached hydrogen (secondary N) is 1. The predicted octanol–water partition coefficient (Wildman–Crippen LogP) is 0.482. The fourth-order valence-corrected chi connectivity index (χ4v) is 2.76. The highest BCUT2D eigenvalue weighted by Gasteiger charge is 2.23. The van der Waals surface area contributed by atoms with E-state index in [1.165, 1.54) is 29.5 Å². The van der Waals surface area contributed by atoms with E-state index in [2.05, 4.69) is 15.5 Å². The number of rotatable bonds is 4. The number of hydrogen-bond acceptors (Lipinski definition) is 6. The number of likely N-dealkylation sites (N-methyl/N-ethyl adjacent to an activating group) is 2. The molecule has 0 bridgehead atoms. The van der Waals surface area contributed by atoms with Gasteiger partial charge in [0.25, 0.3) is 5.91 Å². The van der Waals surface area contributed by atoms with E-state index in [0.29, 0.717) is 27.3 Å². The Kier molecular flexibility index (Phi) is 4.14.